The molecule has 4 heteroatoms. The first-order valence-corrected chi connectivity index (χ1v) is 6.88. The van der Waals surface area contributed by atoms with Gasteiger partial charge in [-0.25, -0.2) is 0 Å². The SMILES string of the molecule is CCCCSCC(=O)NC(CC)CCO. The lowest BCUT2D eigenvalue weighted by molar-refractivity contribution is -0.119. The normalized spacial score (nSPS) is 12.5. The van der Waals surface area contributed by atoms with Crippen molar-refractivity contribution in [1.82, 2.24) is 5.32 Å². The van der Waals surface area contributed by atoms with Gasteiger partial charge in [-0.3, -0.25) is 4.79 Å². The van der Waals surface area contributed by atoms with Crippen molar-refractivity contribution < 1.29 is 9.90 Å². The summed E-state index contributed by atoms with van der Waals surface area (Å²) in [5.74, 6) is 1.69. The Bertz CT molecular complexity index is 165. The standard InChI is InChI=1S/C11H23NO2S/c1-3-5-8-15-9-11(14)12-10(4-2)6-7-13/h10,13H,3-9H2,1-2H3,(H,12,14). The van der Waals surface area contributed by atoms with Crippen molar-refractivity contribution in [2.75, 3.05) is 18.1 Å². The van der Waals surface area contributed by atoms with Gasteiger partial charge in [0.15, 0.2) is 0 Å². The van der Waals surface area contributed by atoms with Gasteiger partial charge in [-0.1, -0.05) is 20.3 Å². The minimum Gasteiger partial charge on any atom is -0.396 e. The number of carbonyl (C=O) groups is 1. The van der Waals surface area contributed by atoms with Crippen LogP contribution >= 0.6 is 11.8 Å². The summed E-state index contributed by atoms with van der Waals surface area (Å²) in [6, 6.07) is 0.134. The summed E-state index contributed by atoms with van der Waals surface area (Å²) in [6.07, 6.45) is 3.89. The molecule has 1 atom stereocenters. The van der Waals surface area contributed by atoms with Crippen LogP contribution in [0.3, 0.4) is 0 Å². The highest BCUT2D eigenvalue weighted by molar-refractivity contribution is 7.99. The van der Waals surface area contributed by atoms with Gasteiger partial charge >= 0.3 is 0 Å². The molecule has 0 aliphatic heterocycles. The van der Waals surface area contributed by atoms with Gasteiger partial charge in [-0.15, -0.1) is 0 Å². The van der Waals surface area contributed by atoms with E-state index in [-0.39, 0.29) is 18.6 Å². The van der Waals surface area contributed by atoms with Crippen LogP contribution in [0, 0.1) is 0 Å². The predicted octanol–water partition coefficient (Wildman–Crippen LogP) is 1.80. The molecule has 0 heterocycles. The molecule has 0 fully saturated rings. The molecule has 0 aromatic carbocycles. The Kier molecular flexibility index (Phi) is 10.2. The fraction of sp³-hybridized carbons (Fsp3) is 0.909. The number of nitrogens with one attached hydrogen (secondary N) is 1. The molecule has 0 radical (unpaired) electrons. The zero-order chi connectivity index (χ0) is 11.5. The molecule has 15 heavy (non-hydrogen) atoms. The Morgan fingerprint density at radius 3 is 2.73 bits per heavy atom. The van der Waals surface area contributed by atoms with Crippen molar-refractivity contribution in [3.8, 4) is 0 Å². The summed E-state index contributed by atoms with van der Waals surface area (Å²) in [5.41, 5.74) is 0. The summed E-state index contributed by atoms with van der Waals surface area (Å²) in [6.45, 7) is 4.31. The van der Waals surface area contributed by atoms with Gasteiger partial charge in [0, 0.05) is 12.6 Å². The summed E-state index contributed by atoms with van der Waals surface area (Å²) in [4.78, 5) is 11.4. The van der Waals surface area contributed by atoms with E-state index in [9.17, 15) is 4.79 Å². The summed E-state index contributed by atoms with van der Waals surface area (Å²) in [7, 11) is 0. The Labute approximate surface area is 97.0 Å². The van der Waals surface area contributed by atoms with Crippen molar-refractivity contribution in [3.05, 3.63) is 0 Å². The highest BCUT2D eigenvalue weighted by atomic mass is 32.2. The van der Waals surface area contributed by atoms with Crippen LogP contribution in [0.4, 0.5) is 0 Å². The molecule has 0 spiro atoms. The maximum absolute atomic E-state index is 11.4. The number of thioether (sulfide) groups is 1. The van der Waals surface area contributed by atoms with Crippen LogP contribution in [0.5, 0.6) is 0 Å². The Morgan fingerprint density at radius 1 is 1.47 bits per heavy atom. The largest absolute Gasteiger partial charge is 0.396 e. The van der Waals surface area contributed by atoms with Gasteiger partial charge < -0.3 is 10.4 Å². The van der Waals surface area contributed by atoms with E-state index < -0.39 is 0 Å². The van der Waals surface area contributed by atoms with Crippen molar-refractivity contribution in [2.45, 2.75) is 45.6 Å². The fourth-order valence-electron chi connectivity index (χ4n) is 1.21. The molecule has 0 aliphatic carbocycles. The van der Waals surface area contributed by atoms with E-state index in [1.807, 2.05) is 6.92 Å². The van der Waals surface area contributed by atoms with Crippen LogP contribution in [-0.4, -0.2) is 35.2 Å². The Balaban J connectivity index is 3.52. The monoisotopic (exact) mass is 233 g/mol. The molecule has 3 nitrogen and oxygen atoms in total. The van der Waals surface area contributed by atoms with Gasteiger partial charge in [-0.2, -0.15) is 11.8 Å². The van der Waals surface area contributed by atoms with E-state index in [4.69, 9.17) is 5.11 Å². The van der Waals surface area contributed by atoms with Gasteiger partial charge in [0.25, 0.3) is 0 Å². The molecular weight excluding hydrogens is 210 g/mol. The van der Waals surface area contributed by atoms with Crippen molar-refractivity contribution >= 4 is 17.7 Å². The second kappa shape index (κ2) is 10.3. The molecule has 0 aromatic rings. The fourth-order valence-corrected chi connectivity index (χ4v) is 2.12. The van der Waals surface area contributed by atoms with Crippen LogP contribution in [0.25, 0.3) is 0 Å². The van der Waals surface area contributed by atoms with Crippen molar-refractivity contribution in [3.63, 3.8) is 0 Å². The van der Waals surface area contributed by atoms with Crippen LogP contribution in [0.1, 0.15) is 39.5 Å². The third kappa shape index (κ3) is 8.75. The third-order valence-corrected chi connectivity index (χ3v) is 3.25. The van der Waals surface area contributed by atoms with Crippen molar-refractivity contribution in [1.29, 1.82) is 0 Å². The van der Waals surface area contributed by atoms with E-state index in [2.05, 4.69) is 12.2 Å². The number of amides is 1. The van der Waals surface area contributed by atoms with Crippen LogP contribution in [-0.2, 0) is 4.79 Å². The van der Waals surface area contributed by atoms with E-state index in [1.54, 1.807) is 11.8 Å². The molecule has 0 saturated carbocycles. The number of carbonyl (C=O) groups excluding carboxylic acids is 1. The molecule has 2 N–H and O–H groups in total. The molecular formula is C11H23NO2S. The molecule has 1 amide bonds. The molecule has 0 bridgehead atoms. The smallest absolute Gasteiger partial charge is 0.230 e. The first kappa shape index (κ1) is 14.8. The van der Waals surface area contributed by atoms with E-state index in [0.717, 1.165) is 12.2 Å². The molecule has 0 aromatic heterocycles. The van der Waals surface area contributed by atoms with E-state index in [1.165, 1.54) is 12.8 Å². The molecule has 0 saturated heterocycles. The maximum atomic E-state index is 11.4. The third-order valence-electron chi connectivity index (χ3n) is 2.21. The lowest BCUT2D eigenvalue weighted by Gasteiger charge is -2.15. The summed E-state index contributed by atoms with van der Waals surface area (Å²) >= 11 is 1.68. The van der Waals surface area contributed by atoms with Gasteiger partial charge in [0.1, 0.15) is 0 Å². The van der Waals surface area contributed by atoms with E-state index in [0.29, 0.717) is 12.2 Å². The highest BCUT2D eigenvalue weighted by Crippen LogP contribution is 2.04. The highest BCUT2D eigenvalue weighted by Gasteiger charge is 2.09. The van der Waals surface area contributed by atoms with Gasteiger partial charge in [0.2, 0.25) is 5.91 Å². The number of unbranched alkanes of at least 4 members (excludes halogenated alkanes) is 1. The first-order chi connectivity index (χ1) is 7.24. The summed E-state index contributed by atoms with van der Waals surface area (Å²) < 4.78 is 0. The molecule has 90 valence electrons. The number of hydrogen-bond donors (Lipinski definition) is 2. The van der Waals surface area contributed by atoms with Crippen LogP contribution < -0.4 is 5.32 Å². The number of hydrogen-bond acceptors (Lipinski definition) is 3. The molecule has 1 unspecified atom stereocenters. The lowest BCUT2D eigenvalue weighted by atomic mass is 10.1. The number of aliphatic hydroxyl groups excluding tert-OH is 1. The predicted molar refractivity (Wildman–Crippen MR) is 66.2 cm³/mol. The zero-order valence-electron chi connectivity index (χ0n) is 9.79. The minimum atomic E-state index is 0.0939. The maximum Gasteiger partial charge on any atom is 0.230 e. The van der Waals surface area contributed by atoms with Crippen molar-refractivity contribution in [2.24, 2.45) is 0 Å². The van der Waals surface area contributed by atoms with Gasteiger partial charge in [0.05, 0.1) is 5.75 Å². The quantitative estimate of drug-likeness (QED) is 0.597. The average Bonchev–Trinajstić information content (AvgIpc) is 2.24. The number of aliphatic hydroxyl groups is 1. The minimum absolute atomic E-state index is 0.0939. The first-order valence-electron chi connectivity index (χ1n) is 5.72. The lowest BCUT2D eigenvalue weighted by Crippen LogP contribution is -2.36. The number of rotatable bonds is 9. The molecule has 0 rings (SSSR count). The second-order valence-electron chi connectivity index (χ2n) is 3.59. The zero-order valence-corrected chi connectivity index (χ0v) is 10.6. The van der Waals surface area contributed by atoms with Crippen LogP contribution in [0.15, 0.2) is 0 Å². The van der Waals surface area contributed by atoms with E-state index >= 15 is 0 Å². The second-order valence-corrected chi connectivity index (χ2v) is 4.70. The average molecular weight is 233 g/mol. The topological polar surface area (TPSA) is 49.3 Å². The van der Waals surface area contributed by atoms with Crippen LogP contribution in [0.2, 0.25) is 0 Å². The molecule has 0 aliphatic rings. The Hall–Kier alpha value is -0.220. The van der Waals surface area contributed by atoms with Gasteiger partial charge in [-0.05, 0) is 25.0 Å². The Morgan fingerprint density at radius 2 is 2.20 bits per heavy atom. The summed E-state index contributed by atoms with van der Waals surface area (Å²) in [5, 5.41) is 11.7.